The zero-order chi connectivity index (χ0) is 15.1. The number of urea groups is 1. The molecule has 1 fully saturated rings. The van der Waals surface area contributed by atoms with Crippen LogP contribution in [0.5, 0.6) is 0 Å². The van der Waals surface area contributed by atoms with Gasteiger partial charge in [0.15, 0.2) is 12.0 Å². The van der Waals surface area contributed by atoms with Crippen LogP contribution >= 0.6 is 11.5 Å². The Morgan fingerprint density at radius 3 is 2.65 bits per heavy atom. The topological polar surface area (TPSA) is 65.9 Å². The van der Waals surface area contributed by atoms with Crippen molar-refractivity contribution >= 4 is 23.4 Å². The highest BCUT2D eigenvalue weighted by molar-refractivity contribution is 7.06. The Hall–Kier alpha value is -1.18. The summed E-state index contributed by atoms with van der Waals surface area (Å²) in [5, 5.41) is 10.3. The van der Waals surface area contributed by atoms with Crippen LogP contribution in [0.4, 0.5) is 10.6 Å². The van der Waals surface area contributed by atoms with Gasteiger partial charge in [-0.25, -0.2) is 9.69 Å². The molecule has 1 aliphatic rings. The summed E-state index contributed by atoms with van der Waals surface area (Å²) in [6.07, 6.45) is -0.942. The summed E-state index contributed by atoms with van der Waals surface area (Å²) in [4.78, 5) is 16.2. The van der Waals surface area contributed by atoms with Gasteiger partial charge in [-0.2, -0.15) is 4.37 Å². The standard InChI is InChI=1S/C13H21N3O3S/c1-13(2,3)9-6-10(14-20-9)16-11(17)8(7-19-5)15(4)12(16)18/h6,8,11,17H,7H2,1-5H3. The van der Waals surface area contributed by atoms with Crippen molar-refractivity contribution in [3.8, 4) is 0 Å². The smallest absolute Gasteiger partial charge is 0.328 e. The molecule has 0 radical (unpaired) electrons. The van der Waals surface area contributed by atoms with E-state index in [2.05, 4.69) is 25.1 Å². The number of anilines is 1. The maximum atomic E-state index is 12.3. The Labute approximate surface area is 123 Å². The number of amides is 2. The van der Waals surface area contributed by atoms with Gasteiger partial charge in [-0.15, -0.1) is 0 Å². The third kappa shape index (κ3) is 2.53. The molecule has 0 saturated carbocycles. The summed E-state index contributed by atoms with van der Waals surface area (Å²) < 4.78 is 9.37. The molecular formula is C13H21N3O3S. The Bertz CT molecular complexity index is 497. The molecule has 2 amide bonds. The van der Waals surface area contributed by atoms with E-state index in [4.69, 9.17) is 4.74 Å². The van der Waals surface area contributed by atoms with Crippen LogP contribution in [0, 0.1) is 0 Å². The normalized spacial score (nSPS) is 23.8. The summed E-state index contributed by atoms with van der Waals surface area (Å²) in [6.45, 7) is 6.56. The van der Waals surface area contributed by atoms with Gasteiger partial charge in [0.05, 0.1) is 6.61 Å². The van der Waals surface area contributed by atoms with E-state index in [1.54, 1.807) is 14.2 Å². The number of aliphatic hydroxyl groups is 1. The van der Waals surface area contributed by atoms with E-state index in [-0.39, 0.29) is 24.1 Å². The minimum absolute atomic E-state index is 0.0263. The Morgan fingerprint density at radius 2 is 2.15 bits per heavy atom. The number of ether oxygens (including phenoxy) is 1. The highest BCUT2D eigenvalue weighted by Crippen LogP contribution is 2.33. The molecule has 2 atom stereocenters. The van der Waals surface area contributed by atoms with E-state index in [0.717, 1.165) is 4.88 Å². The van der Waals surface area contributed by atoms with Crippen LogP contribution in [0.2, 0.25) is 0 Å². The fourth-order valence-corrected chi connectivity index (χ4v) is 2.90. The van der Waals surface area contributed by atoms with Crippen molar-refractivity contribution in [3.63, 3.8) is 0 Å². The van der Waals surface area contributed by atoms with Crippen LogP contribution in [0.3, 0.4) is 0 Å². The number of nitrogens with zero attached hydrogens (tertiary/aromatic N) is 3. The molecule has 20 heavy (non-hydrogen) atoms. The van der Waals surface area contributed by atoms with Gasteiger partial charge in [0.2, 0.25) is 0 Å². The Morgan fingerprint density at radius 1 is 1.50 bits per heavy atom. The van der Waals surface area contributed by atoms with Crippen molar-refractivity contribution in [2.75, 3.05) is 25.7 Å². The maximum absolute atomic E-state index is 12.3. The number of hydrogen-bond donors (Lipinski definition) is 1. The maximum Gasteiger partial charge on any atom is 0.328 e. The van der Waals surface area contributed by atoms with Crippen molar-refractivity contribution < 1.29 is 14.6 Å². The second kappa shape index (κ2) is 5.31. The van der Waals surface area contributed by atoms with E-state index in [1.165, 1.54) is 21.3 Å². The van der Waals surface area contributed by atoms with E-state index < -0.39 is 6.23 Å². The second-order valence-electron chi connectivity index (χ2n) is 6.00. The minimum atomic E-state index is -0.942. The molecular weight excluding hydrogens is 278 g/mol. The molecule has 0 aromatic carbocycles. The molecule has 2 rings (SSSR count). The lowest BCUT2D eigenvalue weighted by atomic mass is 9.95. The lowest BCUT2D eigenvalue weighted by molar-refractivity contribution is 0.0632. The molecule has 2 unspecified atom stereocenters. The van der Waals surface area contributed by atoms with Crippen LogP contribution in [0.15, 0.2) is 6.07 Å². The monoisotopic (exact) mass is 299 g/mol. The largest absolute Gasteiger partial charge is 0.382 e. The quantitative estimate of drug-likeness (QED) is 0.921. The number of hydrogen-bond acceptors (Lipinski definition) is 5. The highest BCUT2D eigenvalue weighted by atomic mass is 32.1. The summed E-state index contributed by atoms with van der Waals surface area (Å²) in [5.41, 5.74) is -0.0263. The van der Waals surface area contributed by atoms with Crippen molar-refractivity contribution in [2.24, 2.45) is 0 Å². The zero-order valence-electron chi connectivity index (χ0n) is 12.5. The van der Waals surface area contributed by atoms with Gasteiger partial charge >= 0.3 is 6.03 Å². The third-order valence-electron chi connectivity index (χ3n) is 3.44. The molecule has 1 N–H and O–H groups in total. The Balaban J connectivity index is 2.28. The number of methoxy groups -OCH3 is 1. The van der Waals surface area contributed by atoms with Crippen molar-refractivity contribution in [1.29, 1.82) is 0 Å². The lowest BCUT2D eigenvalue weighted by Crippen LogP contribution is -2.39. The molecule has 1 saturated heterocycles. The predicted molar refractivity (Wildman–Crippen MR) is 78.1 cm³/mol. The molecule has 1 aromatic heterocycles. The molecule has 1 aromatic rings. The number of aliphatic hydroxyl groups excluding tert-OH is 1. The molecule has 6 nitrogen and oxygen atoms in total. The molecule has 112 valence electrons. The number of likely N-dealkylation sites (N-methyl/N-ethyl adjacent to an activating group) is 1. The van der Waals surface area contributed by atoms with Crippen LogP contribution < -0.4 is 4.90 Å². The van der Waals surface area contributed by atoms with E-state index in [0.29, 0.717) is 5.82 Å². The summed E-state index contributed by atoms with van der Waals surface area (Å²) in [7, 11) is 3.21. The molecule has 0 spiro atoms. The van der Waals surface area contributed by atoms with Gasteiger partial charge in [-0.05, 0) is 23.0 Å². The molecule has 7 heteroatoms. The number of carbonyl (C=O) groups excluding carboxylic acids is 1. The van der Waals surface area contributed by atoms with Crippen molar-refractivity contribution in [3.05, 3.63) is 10.9 Å². The first kappa shape index (κ1) is 15.2. The van der Waals surface area contributed by atoms with Gasteiger partial charge in [0.25, 0.3) is 0 Å². The minimum Gasteiger partial charge on any atom is -0.382 e. The first-order valence-electron chi connectivity index (χ1n) is 6.47. The third-order valence-corrected chi connectivity index (χ3v) is 4.64. The summed E-state index contributed by atoms with van der Waals surface area (Å²) >= 11 is 1.36. The first-order chi connectivity index (χ1) is 9.27. The SMILES string of the molecule is COCC1C(O)N(c2cc(C(C)(C)C)sn2)C(=O)N1C. The fraction of sp³-hybridized carbons (Fsp3) is 0.692. The van der Waals surface area contributed by atoms with E-state index >= 15 is 0 Å². The van der Waals surface area contributed by atoms with Crippen molar-refractivity contribution in [2.45, 2.75) is 38.5 Å². The average molecular weight is 299 g/mol. The van der Waals surface area contributed by atoms with Gasteiger partial charge in [0.1, 0.15) is 6.04 Å². The lowest BCUT2D eigenvalue weighted by Gasteiger charge is -2.20. The second-order valence-corrected chi connectivity index (χ2v) is 6.80. The van der Waals surface area contributed by atoms with Crippen LogP contribution in [0.1, 0.15) is 25.6 Å². The van der Waals surface area contributed by atoms with E-state index in [1.807, 2.05) is 6.07 Å². The van der Waals surface area contributed by atoms with Crippen LogP contribution in [-0.4, -0.2) is 53.4 Å². The van der Waals surface area contributed by atoms with Gasteiger partial charge in [0, 0.05) is 19.0 Å². The molecule has 0 bridgehead atoms. The number of aromatic nitrogens is 1. The number of rotatable bonds is 3. The molecule has 0 aliphatic carbocycles. The van der Waals surface area contributed by atoms with Gasteiger partial charge in [-0.1, -0.05) is 20.8 Å². The first-order valence-corrected chi connectivity index (χ1v) is 7.25. The zero-order valence-corrected chi connectivity index (χ0v) is 13.3. The van der Waals surface area contributed by atoms with Gasteiger partial charge in [-0.3, -0.25) is 0 Å². The van der Waals surface area contributed by atoms with Crippen molar-refractivity contribution in [1.82, 2.24) is 9.27 Å². The summed E-state index contributed by atoms with van der Waals surface area (Å²) in [6, 6.07) is 1.23. The van der Waals surface area contributed by atoms with E-state index in [9.17, 15) is 9.90 Å². The number of carbonyl (C=O) groups is 1. The fourth-order valence-electron chi connectivity index (χ4n) is 2.13. The Kier molecular flexibility index (Phi) is 4.04. The summed E-state index contributed by atoms with van der Waals surface area (Å²) in [5.74, 6) is 0.503. The average Bonchev–Trinajstić information content (AvgIpc) is 2.90. The molecule has 2 heterocycles. The molecule has 1 aliphatic heterocycles. The highest BCUT2D eigenvalue weighted by Gasteiger charge is 2.44. The van der Waals surface area contributed by atoms with Gasteiger partial charge < -0.3 is 14.7 Å². The van der Waals surface area contributed by atoms with Crippen LogP contribution in [0.25, 0.3) is 0 Å². The predicted octanol–water partition coefficient (Wildman–Crippen LogP) is 1.65. The van der Waals surface area contributed by atoms with Crippen LogP contribution in [-0.2, 0) is 10.2 Å².